The zero-order valence-corrected chi connectivity index (χ0v) is 13.3. The second kappa shape index (κ2) is 7.64. The van der Waals surface area contributed by atoms with Gasteiger partial charge in [0.2, 0.25) is 5.91 Å². The summed E-state index contributed by atoms with van der Waals surface area (Å²) in [4.78, 5) is 11.6. The van der Waals surface area contributed by atoms with E-state index in [-0.39, 0.29) is 5.91 Å². The van der Waals surface area contributed by atoms with Gasteiger partial charge >= 0.3 is 0 Å². The maximum absolute atomic E-state index is 11.6. The second-order valence-electron chi connectivity index (χ2n) is 5.38. The van der Waals surface area contributed by atoms with Crippen molar-refractivity contribution in [2.24, 2.45) is 5.73 Å². The van der Waals surface area contributed by atoms with Gasteiger partial charge in [-0.3, -0.25) is 9.48 Å². The average molecular weight is 301 g/mol. The van der Waals surface area contributed by atoms with Crippen molar-refractivity contribution in [3.63, 3.8) is 0 Å². The number of hydrogen-bond acceptors (Lipinski definition) is 3. The molecule has 0 aliphatic rings. The minimum Gasteiger partial charge on any atom is -0.368 e. The number of hydrogen-bond donors (Lipinski definition) is 2. The highest BCUT2D eigenvalue weighted by atomic mass is 35.5. The summed E-state index contributed by atoms with van der Waals surface area (Å²) in [5.41, 5.74) is 5.86. The third-order valence-corrected chi connectivity index (χ3v) is 4.02. The molecule has 114 valence electrons. The van der Waals surface area contributed by atoms with E-state index in [1.807, 2.05) is 18.5 Å². The molecule has 0 aromatic carbocycles. The number of nitrogens with two attached hydrogens (primary N) is 1. The highest BCUT2D eigenvalue weighted by molar-refractivity contribution is 6.31. The van der Waals surface area contributed by atoms with Crippen molar-refractivity contribution in [1.29, 1.82) is 0 Å². The molecule has 0 aliphatic heterocycles. The summed E-state index contributed by atoms with van der Waals surface area (Å²) in [5, 5.41) is 8.14. The van der Waals surface area contributed by atoms with Gasteiger partial charge in [-0.1, -0.05) is 18.5 Å². The lowest BCUT2D eigenvalue weighted by molar-refractivity contribution is -0.124. The second-order valence-corrected chi connectivity index (χ2v) is 5.79. The number of carbonyl (C=O) groups is 1. The van der Waals surface area contributed by atoms with Crippen LogP contribution in [0, 0.1) is 6.92 Å². The highest BCUT2D eigenvalue weighted by Crippen LogP contribution is 2.17. The number of carbonyl (C=O) groups excluding carboxylic acids is 1. The SMILES string of the molecule is CCCNC(C)(CCCCn1ncc(Cl)c1C)C(N)=O. The molecule has 1 unspecified atom stereocenters. The van der Waals surface area contributed by atoms with Gasteiger partial charge in [0.15, 0.2) is 0 Å². The molecule has 6 heteroatoms. The van der Waals surface area contributed by atoms with Crippen molar-refractivity contribution >= 4 is 17.5 Å². The molecule has 0 fully saturated rings. The van der Waals surface area contributed by atoms with Crippen molar-refractivity contribution < 1.29 is 4.79 Å². The van der Waals surface area contributed by atoms with Gasteiger partial charge in [-0.25, -0.2) is 0 Å². The molecule has 0 radical (unpaired) electrons. The fraction of sp³-hybridized carbons (Fsp3) is 0.714. The molecule has 1 rings (SSSR count). The van der Waals surface area contributed by atoms with Crippen LogP contribution in [0.1, 0.15) is 45.2 Å². The van der Waals surface area contributed by atoms with Crippen molar-refractivity contribution in [3.8, 4) is 0 Å². The van der Waals surface area contributed by atoms with Gasteiger partial charge in [-0.2, -0.15) is 5.10 Å². The van der Waals surface area contributed by atoms with E-state index < -0.39 is 5.54 Å². The van der Waals surface area contributed by atoms with Gasteiger partial charge in [0.05, 0.1) is 22.5 Å². The first-order chi connectivity index (χ1) is 9.40. The zero-order chi connectivity index (χ0) is 15.2. The van der Waals surface area contributed by atoms with Crippen LogP contribution in [0.3, 0.4) is 0 Å². The van der Waals surface area contributed by atoms with Crippen LogP contribution in [0.15, 0.2) is 6.20 Å². The minimum atomic E-state index is -0.618. The van der Waals surface area contributed by atoms with Crippen LogP contribution >= 0.6 is 11.6 Å². The number of nitrogens with zero attached hydrogens (tertiary/aromatic N) is 2. The lowest BCUT2D eigenvalue weighted by Gasteiger charge is -2.27. The Balaban J connectivity index is 2.41. The van der Waals surface area contributed by atoms with Crippen LogP contribution < -0.4 is 11.1 Å². The van der Waals surface area contributed by atoms with E-state index in [2.05, 4.69) is 17.3 Å². The van der Waals surface area contributed by atoms with Crippen LogP contribution in [0.5, 0.6) is 0 Å². The minimum absolute atomic E-state index is 0.288. The number of rotatable bonds is 9. The third-order valence-electron chi connectivity index (χ3n) is 3.65. The molecule has 0 aliphatic carbocycles. The summed E-state index contributed by atoms with van der Waals surface area (Å²) in [6, 6.07) is 0. The summed E-state index contributed by atoms with van der Waals surface area (Å²) in [6.45, 7) is 7.50. The van der Waals surface area contributed by atoms with Gasteiger partial charge in [0.25, 0.3) is 0 Å². The molecule has 1 heterocycles. The fourth-order valence-electron chi connectivity index (χ4n) is 2.09. The standard InChI is InChI=1S/C14H25ClN4O/c1-4-8-17-14(3,13(16)20)7-5-6-9-19-11(2)12(15)10-18-19/h10,17H,4-9H2,1-3H3,(H2,16,20). The van der Waals surface area contributed by atoms with Crippen LogP contribution in [-0.2, 0) is 11.3 Å². The summed E-state index contributed by atoms with van der Waals surface area (Å²) in [6.07, 6.45) is 5.22. The van der Waals surface area contributed by atoms with Crippen molar-refractivity contribution in [2.75, 3.05) is 6.54 Å². The van der Waals surface area contributed by atoms with E-state index in [4.69, 9.17) is 17.3 Å². The number of halogens is 1. The maximum atomic E-state index is 11.6. The highest BCUT2D eigenvalue weighted by Gasteiger charge is 2.29. The number of unbranched alkanes of at least 4 members (excludes halogenated alkanes) is 1. The molecular formula is C14H25ClN4O. The van der Waals surface area contributed by atoms with E-state index in [1.165, 1.54) is 0 Å². The summed E-state index contributed by atoms with van der Waals surface area (Å²) in [7, 11) is 0. The Labute approximate surface area is 125 Å². The van der Waals surface area contributed by atoms with Crippen LogP contribution in [-0.4, -0.2) is 27.8 Å². The largest absolute Gasteiger partial charge is 0.368 e. The van der Waals surface area contributed by atoms with Crippen molar-refractivity contribution in [3.05, 3.63) is 16.9 Å². The van der Waals surface area contributed by atoms with Gasteiger partial charge in [0, 0.05) is 6.54 Å². The summed E-state index contributed by atoms with van der Waals surface area (Å²) >= 11 is 5.96. The van der Waals surface area contributed by atoms with Crippen LogP contribution in [0.2, 0.25) is 5.02 Å². The van der Waals surface area contributed by atoms with Gasteiger partial charge < -0.3 is 11.1 Å². The Kier molecular flexibility index (Phi) is 6.49. The maximum Gasteiger partial charge on any atom is 0.237 e. The lowest BCUT2D eigenvalue weighted by atomic mass is 9.93. The Bertz CT molecular complexity index is 446. The van der Waals surface area contributed by atoms with Crippen molar-refractivity contribution in [2.45, 2.75) is 58.5 Å². The Morgan fingerprint density at radius 3 is 2.75 bits per heavy atom. The van der Waals surface area contributed by atoms with Crippen molar-refractivity contribution in [1.82, 2.24) is 15.1 Å². The Hall–Kier alpha value is -1.07. The van der Waals surface area contributed by atoms with E-state index >= 15 is 0 Å². The summed E-state index contributed by atoms with van der Waals surface area (Å²) in [5.74, 6) is -0.288. The van der Waals surface area contributed by atoms with Crippen LogP contribution in [0.4, 0.5) is 0 Å². The lowest BCUT2D eigenvalue weighted by Crippen LogP contribution is -2.53. The van der Waals surface area contributed by atoms with E-state index in [9.17, 15) is 4.79 Å². The molecule has 1 aromatic rings. The van der Waals surface area contributed by atoms with Gasteiger partial charge in [-0.05, 0) is 46.1 Å². The zero-order valence-electron chi connectivity index (χ0n) is 12.6. The normalized spacial score (nSPS) is 14.2. The molecule has 20 heavy (non-hydrogen) atoms. The molecule has 0 bridgehead atoms. The summed E-state index contributed by atoms with van der Waals surface area (Å²) < 4.78 is 1.89. The molecule has 0 saturated heterocycles. The average Bonchev–Trinajstić information content (AvgIpc) is 2.73. The number of nitrogens with one attached hydrogen (secondary N) is 1. The number of aromatic nitrogens is 2. The number of primary amides is 1. The molecule has 1 aromatic heterocycles. The molecule has 0 saturated carbocycles. The first-order valence-corrected chi connectivity index (χ1v) is 7.51. The molecule has 3 N–H and O–H groups in total. The topological polar surface area (TPSA) is 72.9 Å². The van der Waals surface area contributed by atoms with Gasteiger partial charge in [0.1, 0.15) is 0 Å². The Morgan fingerprint density at radius 2 is 2.25 bits per heavy atom. The van der Waals surface area contributed by atoms with Gasteiger partial charge in [-0.15, -0.1) is 0 Å². The molecule has 1 amide bonds. The predicted molar refractivity (Wildman–Crippen MR) is 81.7 cm³/mol. The third kappa shape index (κ3) is 4.49. The molecular weight excluding hydrogens is 276 g/mol. The first kappa shape index (κ1) is 17.0. The smallest absolute Gasteiger partial charge is 0.237 e. The molecule has 0 spiro atoms. The molecule has 1 atom stereocenters. The van der Waals surface area contributed by atoms with E-state index in [1.54, 1.807) is 6.20 Å². The predicted octanol–water partition coefficient (Wildman–Crippen LogP) is 2.26. The fourth-order valence-corrected chi connectivity index (χ4v) is 2.23. The van der Waals surface area contributed by atoms with E-state index in [0.29, 0.717) is 5.02 Å². The van der Waals surface area contributed by atoms with E-state index in [0.717, 1.165) is 44.5 Å². The number of aryl methyl sites for hydroxylation is 1. The Morgan fingerprint density at radius 1 is 1.55 bits per heavy atom. The molecule has 5 nitrogen and oxygen atoms in total. The van der Waals surface area contributed by atoms with Crippen LogP contribution in [0.25, 0.3) is 0 Å². The number of amides is 1. The quantitative estimate of drug-likeness (QED) is 0.687. The monoisotopic (exact) mass is 300 g/mol. The first-order valence-electron chi connectivity index (χ1n) is 7.13.